The first-order chi connectivity index (χ1) is 13.1. The van der Waals surface area contributed by atoms with Crippen molar-refractivity contribution in [2.45, 2.75) is 38.7 Å². The lowest BCUT2D eigenvalue weighted by molar-refractivity contribution is 0.0972. The SMILES string of the molecule is COc1ccc2oc(C(=O)Nc3nn[nH]n3)c(OC3CCCC(C)C3)c2c1. The number of carbonyl (C=O) groups is 1. The molecule has 0 radical (unpaired) electrons. The second kappa shape index (κ2) is 7.26. The number of fused-ring (bicyclic) bond motifs is 1. The molecule has 9 heteroatoms. The second-order valence-electron chi connectivity index (χ2n) is 6.82. The summed E-state index contributed by atoms with van der Waals surface area (Å²) in [5.74, 6) is 1.33. The lowest BCUT2D eigenvalue weighted by atomic mass is 9.88. The number of amides is 1. The molecule has 1 saturated carbocycles. The third-order valence-corrected chi connectivity index (χ3v) is 4.80. The average Bonchev–Trinajstić information content (AvgIpc) is 3.29. The highest BCUT2D eigenvalue weighted by atomic mass is 16.5. The van der Waals surface area contributed by atoms with Crippen LogP contribution in [0.1, 0.15) is 43.2 Å². The van der Waals surface area contributed by atoms with Crippen LogP contribution < -0.4 is 14.8 Å². The van der Waals surface area contributed by atoms with Gasteiger partial charge in [0.15, 0.2) is 5.75 Å². The Morgan fingerprint density at radius 2 is 2.26 bits per heavy atom. The predicted octanol–water partition coefficient (Wildman–Crippen LogP) is 3.16. The van der Waals surface area contributed by atoms with Gasteiger partial charge in [-0.25, -0.2) is 0 Å². The third kappa shape index (κ3) is 3.57. The van der Waals surface area contributed by atoms with Gasteiger partial charge in [0.1, 0.15) is 11.3 Å². The highest BCUT2D eigenvalue weighted by molar-refractivity contribution is 6.07. The Morgan fingerprint density at radius 1 is 1.37 bits per heavy atom. The topological polar surface area (TPSA) is 115 Å². The lowest BCUT2D eigenvalue weighted by Crippen LogP contribution is -2.25. The lowest BCUT2D eigenvalue weighted by Gasteiger charge is -2.27. The summed E-state index contributed by atoms with van der Waals surface area (Å²) in [6.07, 6.45) is 4.24. The molecule has 0 bridgehead atoms. The first-order valence-corrected chi connectivity index (χ1v) is 8.96. The van der Waals surface area contributed by atoms with E-state index in [1.165, 1.54) is 6.42 Å². The molecule has 9 nitrogen and oxygen atoms in total. The monoisotopic (exact) mass is 371 g/mol. The van der Waals surface area contributed by atoms with E-state index in [9.17, 15) is 4.79 Å². The van der Waals surface area contributed by atoms with Crippen LogP contribution in [0.4, 0.5) is 5.95 Å². The molecule has 1 amide bonds. The number of rotatable bonds is 5. The van der Waals surface area contributed by atoms with Crippen molar-refractivity contribution in [3.63, 3.8) is 0 Å². The number of furan rings is 1. The van der Waals surface area contributed by atoms with Gasteiger partial charge in [0.2, 0.25) is 5.76 Å². The van der Waals surface area contributed by atoms with Gasteiger partial charge in [-0.15, -0.1) is 5.10 Å². The number of benzene rings is 1. The van der Waals surface area contributed by atoms with Gasteiger partial charge in [-0.1, -0.05) is 18.4 Å². The number of hydrogen-bond acceptors (Lipinski definition) is 7. The number of aromatic amines is 1. The molecule has 2 N–H and O–H groups in total. The van der Waals surface area contributed by atoms with Crippen molar-refractivity contribution in [2.75, 3.05) is 12.4 Å². The van der Waals surface area contributed by atoms with E-state index in [0.717, 1.165) is 19.3 Å². The number of H-pyrrole nitrogens is 1. The maximum absolute atomic E-state index is 12.7. The molecule has 27 heavy (non-hydrogen) atoms. The fraction of sp³-hybridized carbons (Fsp3) is 0.444. The van der Waals surface area contributed by atoms with Gasteiger partial charge >= 0.3 is 0 Å². The molecule has 4 rings (SSSR count). The third-order valence-electron chi connectivity index (χ3n) is 4.80. The Hall–Kier alpha value is -3.10. The fourth-order valence-electron chi connectivity index (χ4n) is 3.47. The Kier molecular flexibility index (Phi) is 4.66. The van der Waals surface area contributed by atoms with Crippen molar-refractivity contribution < 1.29 is 18.7 Å². The summed E-state index contributed by atoms with van der Waals surface area (Å²) in [6.45, 7) is 2.22. The molecular weight excluding hydrogens is 350 g/mol. The van der Waals surface area contributed by atoms with Gasteiger partial charge in [-0.3, -0.25) is 10.1 Å². The molecule has 2 heterocycles. The molecule has 1 aliphatic carbocycles. The van der Waals surface area contributed by atoms with Crippen molar-refractivity contribution in [2.24, 2.45) is 5.92 Å². The zero-order valence-electron chi connectivity index (χ0n) is 15.2. The summed E-state index contributed by atoms with van der Waals surface area (Å²) in [6, 6.07) is 5.35. The highest BCUT2D eigenvalue weighted by Gasteiger charge is 2.28. The minimum absolute atomic E-state index is 0.0393. The van der Waals surface area contributed by atoms with Crippen LogP contribution in [0.15, 0.2) is 22.6 Å². The molecule has 2 atom stereocenters. The van der Waals surface area contributed by atoms with E-state index in [1.54, 1.807) is 19.2 Å². The molecule has 0 saturated heterocycles. The van der Waals surface area contributed by atoms with E-state index in [2.05, 4.69) is 32.9 Å². The number of hydrogen-bond donors (Lipinski definition) is 2. The van der Waals surface area contributed by atoms with Crippen molar-refractivity contribution >= 4 is 22.8 Å². The van der Waals surface area contributed by atoms with Crippen LogP contribution in [0, 0.1) is 5.92 Å². The first-order valence-electron chi connectivity index (χ1n) is 8.96. The second-order valence-corrected chi connectivity index (χ2v) is 6.82. The summed E-state index contributed by atoms with van der Waals surface area (Å²) in [5, 5.41) is 16.4. The van der Waals surface area contributed by atoms with E-state index in [1.807, 2.05) is 6.07 Å². The van der Waals surface area contributed by atoms with E-state index in [-0.39, 0.29) is 17.8 Å². The molecule has 1 aromatic carbocycles. The molecule has 3 aromatic rings. The summed E-state index contributed by atoms with van der Waals surface area (Å²) in [4.78, 5) is 12.7. The zero-order valence-corrected chi connectivity index (χ0v) is 15.2. The smallest absolute Gasteiger partial charge is 0.297 e. The van der Waals surface area contributed by atoms with Gasteiger partial charge in [0.05, 0.1) is 18.6 Å². The van der Waals surface area contributed by atoms with Gasteiger partial charge in [-0.2, -0.15) is 5.21 Å². The quantitative estimate of drug-likeness (QED) is 0.708. The van der Waals surface area contributed by atoms with Crippen molar-refractivity contribution in [3.8, 4) is 11.5 Å². The highest BCUT2D eigenvalue weighted by Crippen LogP contribution is 2.38. The Morgan fingerprint density at radius 3 is 3.00 bits per heavy atom. The summed E-state index contributed by atoms with van der Waals surface area (Å²) >= 11 is 0. The Labute approximate surface area is 155 Å². The Balaban J connectivity index is 1.71. The molecule has 1 fully saturated rings. The predicted molar refractivity (Wildman–Crippen MR) is 96.9 cm³/mol. The summed E-state index contributed by atoms with van der Waals surface area (Å²) in [5.41, 5.74) is 0.549. The van der Waals surface area contributed by atoms with Crippen LogP contribution in [-0.4, -0.2) is 39.7 Å². The van der Waals surface area contributed by atoms with Crippen molar-refractivity contribution in [1.29, 1.82) is 0 Å². The molecule has 1 aliphatic rings. The van der Waals surface area contributed by atoms with Crippen LogP contribution in [0.3, 0.4) is 0 Å². The number of carbonyl (C=O) groups excluding carboxylic acids is 1. The minimum atomic E-state index is -0.495. The zero-order chi connectivity index (χ0) is 18.8. The number of nitrogens with zero attached hydrogens (tertiary/aromatic N) is 3. The molecular formula is C18H21N5O4. The Bertz CT molecular complexity index is 937. The van der Waals surface area contributed by atoms with Crippen molar-refractivity contribution in [1.82, 2.24) is 20.6 Å². The number of ether oxygens (including phenoxy) is 2. The van der Waals surface area contributed by atoms with Crippen LogP contribution in [0.2, 0.25) is 0 Å². The summed E-state index contributed by atoms with van der Waals surface area (Å²) in [7, 11) is 1.59. The average molecular weight is 371 g/mol. The van der Waals surface area contributed by atoms with E-state index >= 15 is 0 Å². The summed E-state index contributed by atoms with van der Waals surface area (Å²) < 4.78 is 17.4. The van der Waals surface area contributed by atoms with Crippen molar-refractivity contribution in [3.05, 3.63) is 24.0 Å². The normalized spacial score (nSPS) is 19.8. The van der Waals surface area contributed by atoms with E-state index in [0.29, 0.717) is 28.4 Å². The fourth-order valence-corrected chi connectivity index (χ4v) is 3.47. The number of anilines is 1. The maximum Gasteiger partial charge on any atom is 0.297 e. The number of tetrazole rings is 1. The molecule has 2 unspecified atom stereocenters. The van der Waals surface area contributed by atoms with Crippen LogP contribution in [0.5, 0.6) is 11.5 Å². The maximum atomic E-state index is 12.7. The first kappa shape index (κ1) is 17.3. The van der Waals surface area contributed by atoms with E-state index in [4.69, 9.17) is 13.9 Å². The minimum Gasteiger partial charge on any atom is -0.497 e. The van der Waals surface area contributed by atoms with Gasteiger partial charge in [0.25, 0.3) is 11.9 Å². The van der Waals surface area contributed by atoms with Gasteiger partial charge in [-0.05, 0) is 48.6 Å². The van der Waals surface area contributed by atoms with Crippen LogP contribution >= 0.6 is 0 Å². The number of aromatic nitrogens is 4. The standard InChI is InChI=1S/C18H21N5O4/c1-10-4-3-5-12(8-10)26-15-13-9-11(25-2)6-7-14(13)27-16(15)17(24)19-18-20-22-23-21-18/h6-7,9-10,12H,3-5,8H2,1-2H3,(H2,19,20,21,22,23,24). The van der Waals surface area contributed by atoms with Gasteiger partial charge in [0, 0.05) is 0 Å². The van der Waals surface area contributed by atoms with Crippen LogP contribution in [0.25, 0.3) is 11.0 Å². The molecule has 2 aromatic heterocycles. The molecule has 0 spiro atoms. The molecule has 0 aliphatic heterocycles. The number of methoxy groups -OCH3 is 1. The largest absolute Gasteiger partial charge is 0.497 e. The van der Waals surface area contributed by atoms with E-state index < -0.39 is 5.91 Å². The number of nitrogens with one attached hydrogen (secondary N) is 2. The van der Waals surface area contributed by atoms with Crippen LogP contribution in [-0.2, 0) is 0 Å². The van der Waals surface area contributed by atoms with Gasteiger partial charge < -0.3 is 13.9 Å². The molecule has 142 valence electrons.